The molecule has 0 spiro atoms. The molecule has 0 atom stereocenters. The highest BCUT2D eigenvalue weighted by Crippen LogP contribution is 1.94. The summed E-state index contributed by atoms with van der Waals surface area (Å²) < 4.78 is 1.40. The molecule has 0 bridgehead atoms. The van der Waals surface area contributed by atoms with E-state index in [1.807, 2.05) is 6.07 Å². The monoisotopic (exact) mass is 164 g/mol. The third-order valence-electron chi connectivity index (χ3n) is 1.33. The molecular formula is C7H8N4O. The number of ketones is 1. The van der Waals surface area contributed by atoms with Gasteiger partial charge in [0.1, 0.15) is 12.6 Å². The van der Waals surface area contributed by atoms with Crippen molar-refractivity contribution < 1.29 is 4.79 Å². The summed E-state index contributed by atoms with van der Waals surface area (Å²) in [4.78, 5) is 10.8. The van der Waals surface area contributed by atoms with Crippen molar-refractivity contribution >= 4 is 5.78 Å². The lowest BCUT2D eigenvalue weighted by Crippen LogP contribution is -2.19. The Balaban J connectivity index is 2.65. The van der Waals surface area contributed by atoms with E-state index in [0.29, 0.717) is 5.56 Å². The van der Waals surface area contributed by atoms with Crippen LogP contribution in [0, 0.1) is 11.3 Å². The van der Waals surface area contributed by atoms with E-state index < -0.39 is 0 Å². The maximum absolute atomic E-state index is 10.8. The summed E-state index contributed by atoms with van der Waals surface area (Å²) in [6.07, 6.45) is 2.91. The summed E-state index contributed by atoms with van der Waals surface area (Å²) >= 11 is 0. The van der Waals surface area contributed by atoms with E-state index in [4.69, 9.17) is 11.0 Å². The van der Waals surface area contributed by atoms with Crippen LogP contribution in [-0.4, -0.2) is 22.1 Å². The smallest absolute Gasteiger partial charge is 0.167 e. The van der Waals surface area contributed by atoms with Crippen LogP contribution in [0.3, 0.4) is 0 Å². The number of aromatic nitrogens is 2. The number of rotatable bonds is 3. The quantitative estimate of drug-likeness (QED) is 0.639. The van der Waals surface area contributed by atoms with Crippen molar-refractivity contribution in [2.75, 3.05) is 6.54 Å². The lowest BCUT2D eigenvalue weighted by Gasteiger charge is -1.95. The van der Waals surface area contributed by atoms with E-state index in [0.717, 1.165) is 0 Å². The molecule has 5 heteroatoms. The molecule has 1 rings (SSSR count). The highest BCUT2D eigenvalue weighted by atomic mass is 16.1. The summed E-state index contributed by atoms with van der Waals surface area (Å²) in [6, 6.07) is 1.91. The molecule has 1 heterocycles. The zero-order chi connectivity index (χ0) is 8.97. The van der Waals surface area contributed by atoms with Gasteiger partial charge in [0.25, 0.3) is 0 Å². The first-order valence-electron chi connectivity index (χ1n) is 3.40. The summed E-state index contributed by atoms with van der Waals surface area (Å²) in [5, 5.41) is 12.2. The SMILES string of the molecule is N#Cc1cnn(CC(=O)CN)c1. The van der Waals surface area contributed by atoms with E-state index in [9.17, 15) is 4.79 Å². The highest BCUT2D eigenvalue weighted by Gasteiger charge is 2.01. The van der Waals surface area contributed by atoms with Crippen molar-refractivity contribution in [1.29, 1.82) is 5.26 Å². The van der Waals surface area contributed by atoms with Crippen molar-refractivity contribution in [3.05, 3.63) is 18.0 Å². The van der Waals surface area contributed by atoms with E-state index in [-0.39, 0.29) is 18.9 Å². The van der Waals surface area contributed by atoms with Gasteiger partial charge < -0.3 is 5.73 Å². The average molecular weight is 164 g/mol. The topological polar surface area (TPSA) is 84.7 Å². The average Bonchev–Trinajstić information content (AvgIpc) is 2.52. The molecule has 12 heavy (non-hydrogen) atoms. The lowest BCUT2D eigenvalue weighted by atomic mass is 10.4. The molecule has 5 nitrogen and oxygen atoms in total. The van der Waals surface area contributed by atoms with Crippen molar-refractivity contribution in [2.24, 2.45) is 5.73 Å². The van der Waals surface area contributed by atoms with Gasteiger partial charge in [-0.15, -0.1) is 0 Å². The van der Waals surface area contributed by atoms with Gasteiger partial charge in [-0.1, -0.05) is 0 Å². The Kier molecular flexibility index (Phi) is 2.56. The summed E-state index contributed by atoms with van der Waals surface area (Å²) in [6.45, 7) is 0.139. The summed E-state index contributed by atoms with van der Waals surface area (Å²) in [5.41, 5.74) is 5.55. The zero-order valence-corrected chi connectivity index (χ0v) is 6.40. The second kappa shape index (κ2) is 3.64. The number of carbonyl (C=O) groups excluding carboxylic acids is 1. The molecule has 0 aromatic carbocycles. The minimum absolute atomic E-state index is 0.00173. The predicted octanol–water partition coefficient (Wildman–Crippen LogP) is -0.717. The van der Waals surface area contributed by atoms with E-state index >= 15 is 0 Å². The molecule has 1 aromatic heterocycles. The first-order chi connectivity index (χ1) is 5.76. The van der Waals surface area contributed by atoms with Crippen LogP contribution in [0.15, 0.2) is 12.4 Å². The Bertz CT molecular complexity index is 322. The lowest BCUT2D eigenvalue weighted by molar-refractivity contribution is -0.118. The fourth-order valence-corrected chi connectivity index (χ4v) is 0.753. The number of hydrogen-bond donors (Lipinski definition) is 1. The Morgan fingerprint density at radius 2 is 2.58 bits per heavy atom. The number of Topliss-reactive ketones (excluding diaryl/α,β-unsaturated/α-hetero) is 1. The Hall–Kier alpha value is -1.67. The number of hydrogen-bond acceptors (Lipinski definition) is 4. The third kappa shape index (κ3) is 1.90. The van der Waals surface area contributed by atoms with Crippen molar-refractivity contribution in [2.45, 2.75) is 6.54 Å². The molecule has 0 aliphatic heterocycles. The molecule has 0 unspecified atom stereocenters. The molecular weight excluding hydrogens is 156 g/mol. The van der Waals surface area contributed by atoms with Gasteiger partial charge >= 0.3 is 0 Å². The van der Waals surface area contributed by atoms with Gasteiger partial charge in [0.05, 0.1) is 18.3 Å². The van der Waals surface area contributed by atoms with Gasteiger partial charge in [-0.25, -0.2) is 0 Å². The van der Waals surface area contributed by atoms with Crippen molar-refractivity contribution in [3.8, 4) is 6.07 Å². The fourth-order valence-electron chi connectivity index (χ4n) is 0.753. The first kappa shape index (κ1) is 8.43. The maximum atomic E-state index is 10.8. The molecule has 0 aliphatic rings. The second-order valence-corrected chi connectivity index (χ2v) is 2.28. The minimum Gasteiger partial charge on any atom is -0.324 e. The molecule has 0 saturated heterocycles. The van der Waals surface area contributed by atoms with Crippen LogP contribution in [0.25, 0.3) is 0 Å². The number of carbonyl (C=O) groups is 1. The number of nitrogens with two attached hydrogens (primary N) is 1. The summed E-state index contributed by atoms with van der Waals surface area (Å²) in [7, 11) is 0. The maximum Gasteiger partial charge on any atom is 0.167 e. The van der Waals surface area contributed by atoms with Gasteiger partial charge in [-0.3, -0.25) is 9.48 Å². The minimum atomic E-state index is -0.109. The van der Waals surface area contributed by atoms with Gasteiger partial charge in [-0.2, -0.15) is 10.4 Å². The van der Waals surface area contributed by atoms with Gasteiger partial charge in [0.15, 0.2) is 5.78 Å². The molecule has 0 radical (unpaired) electrons. The first-order valence-corrected chi connectivity index (χ1v) is 3.40. The molecule has 0 aliphatic carbocycles. The second-order valence-electron chi connectivity index (χ2n) is 2.28. The molecule has 62 valence electrons. The van der Waals surface area contributed by atoms with E-state index in [1.165, 1.54) is 17.1 Å². The highest BCUT2D eigenvalue weighted by molar-refractivity contribution is 5.79. The van der Waals surface area contributed by atoms with Gasteiger partial charge in [0, 0.05) is 6.20 Å². The van der Waals surface area contributed by atoms with E-state index in [1.54, 1.807) is 0 Å². The van der Waals surface area contributed by atoms with E-state index in [2.05, 4.69) is 5.10 Å². The molecule has 1 aromatic rings. The van der Waals surface area contributed by atoms with Crippen LogP contribution in [0.2, 0.25) is 0 Å². The van der Waals surface area contributed by atoms with Crippen LogP contribution in [0.4, 0.5) is 0 Å². The third-order valence-corrected chi connectivity index (χ3v) is 1.33. The van der Waals surface area contributed by atoms with Crippen LogP contribution in [-0.2, 0) is 11.3 Å². The normalized spacial score (nSPS) is 9.33. The summed E-state index contributed by atoms with van der Waals surface area (Å²) in [5.74, 6) is -0.109. The fraction of sp³-hybridized carbons (Fsp3) is 0.286. The Morgan fingerprint density at radius 1 is 1.83 bits per heavy atom. The molecule has 0 amide bonds. The van der Waals surface area contributed by atoms with Crippen LogP contribution in [0.5, 0.6) is 0 Å². The Labute approximate surface area is 69.4 Å². The standard InChI is InChI=1S/C7H8N4O/c8-1-6-3-10-11(4-6)5-7(12)2-9/h3-4H,2,5,9H2. The largest absolute Gasteiger partial charge is 0.324 e. The van der Waals surface area contributed by atoms with Crippen molar-refractivity contribution in [1.82, 2.24) is 9.78 Å². The van der Waals surface area contributed by atoms with Crippen molar-refractivity contribution in [3.63, 3.8) is 0 Å². The predicted molar refractivity (Wildman–Crippen MR) is 41.0 cm³/mol. The molecule has 2 N–H and O–H groups in total. The number of nitrogens with zero attached hydrogens (tertiary/aromatic N) is 3. The molecule has 0 fully saturated rings. The number of nitriles is 1. The Morgan fingerprint density at radius 3 is 3.08 bits per heavy atom. The van der Waals surface area contributed by atoms with Crippen LogP contribution < -0.4 is 5.73 Å². The van der Waals surface area contributed by atoms with Crippen LogP contribution >= 0.6 is 0 Å². The van der Waals surface area contributed by atoms with Crippen LogP contribution in [0.1, 0.15) is 5.56 Å². The molecule has 0 saturated carbocycles. The zero-order valence-electron chi connectivity index (χ0n) is 6.40. The van der Waals surface area contributed by atoms with Gasteiger partial charge in [-0.05, 0) is 0 Å². The van der Waals surface area contributed by atoms with Gasteiger partial charge in [0.2, 0.25) is 0 Å².